The Labute approximate surface area is 182 Å². The van der Waals surface area contributed by atoms with Gasteiger partial charge in [-0.25, -0.2) is 4.98 Å². The lowest BCUT2D eigenvalue weighted by Gasteiger charge is -2.31. The average molecular weight is 418 g/mol. The number of methoxy groups -OCH3 is 1. The molecule has 1 aliphatic heterocycles. The van der Waals surface area contributed by atoms with Gasteiger partial charge in [0.05, 0.1) is 37.7 Å². The Bertz CT molecular complexity index is 1000. The average Bonchev–Trinajstić information content (AvgIpc) is 2.85. The maximum absolute atomic E-state index is 12.5. The van der Waals surface area contributed by atoms with Crippen LogP contribution in [-0.4, -0.2) is 47.6 Å². The van der Waals surface area contributed by atoms with Crippen LogP contribution in [0.15, 0.2) is 67.0 Å². The van der Waals surface area contributed by atoms with E-state index in [1.54, 1.807) is 13.3 Å². The van der Waals surface area contributed by atoms with Crippen LogP contribution in [0.4, 0.5) is 0 Å². The third-order valence-electron chi connectivity index (χ3n) is 5.61. The molecule has 0 radical (unpaired) electrons. The van der Waals surface area contributed by atoms with Gasteiger partial charge in [-0.15, -0.1) is 0 Å². The number of carbonyl (C=O) groups excluding carboxylic acids is 1. The molecule has 0 atom stereocenters. The molecule has 0 aliphatic carbocycles. The number of rotatable bonds is 7. The van der Waals surface area contributed by atoms with Crippen LogP contribution >= 0.6 is 0 Å². The van der Waals surface area contributed by atoms with Crippen LogP contribution in [0.25, 0.3) is 11.3 Å². The molecular formula is C25H27N3O3. The Kier molecular flexibility index (Phi) is 6.77. The number of piperidine rings is 1. The van der Waals surface area contributed by atoms with Gasteiger partial charge in [-0.2, -0.15) is 0 Å². The molecule has 0 spiro atoms. The summed E-state index contributed by atoms with van der Waals surface area (Å²) in [6, 6.07) is 17.4. The van der Waals surface area contributed by atoms with Crippen molar-refractivity contribution in [2.24, 2.45) is 0 Å². The quantitative estimate of drug-likeness (QED) is 0.573. The summed E-state index contributed by atoms with van der Waals surface area (Å²) in [5.74, 6) is 2.05. The molecule has 4 rings (SSSR count). The van der Waals surface area contributed by atoms with E-state index in [0.29, 0.717) is 18.9 Å². The molecule has 31 heavy (non-hydrogen) atoms. The monoisotopic (exact) mass is 417 g/mol. The van der Waals surface area contributed by atoms with Crippen LogP contribution in [0.5, 0.6) is 11.5 Å². The van der Waals surface area contributed by atoms with E-state index < -0.39 is 0 Å². The number of carbonyl (C=O) groups is 1. The molecule has 1 aliphatic rings. The number of aromatic nitrogens is 2. The highest BCUT2D eigenvalue weighted by atomic mass is 16.5. The Morgan fingerprint density at radius 1 is 1.03 bits per heavy atom. The normalized spacial score (nSPS) is 14.3. The fourth-order valence-corrected chi connectivity index (χ4v) is 3.85. The first-order valence-corrected chi connectivity index (χ1v) is 10.6. The summed E-state index contributed by atoms with van der Waals surface area (Å²) in [4.78, 5) is 23.7. The van der Waals surface area contributed by atoms with Crippen molar-refractivity contribution in [2.45, 2.75) is 25.2 Å². The van der Waals surface area contributed by atoms with E-state index in [2.05, 4.69) is 4.98 Å². The summed E-state index contributed by atoms with van der Waals surface area (Å²) in [5.41, 5.74) is 2.81. The van der Waals surface area contributed by atoms with E-state index in [-0.39, 0.29) is 5.91 Å². The van der Waals surface area contributed by atoms with Crippen molar-refractivity contribution < 1.29 is 14.3 Å². The fraction of sp³-hybridized carbons (Fsp3) is 0.320. The number of hydrogen-bond donors (Lipinski definition) is 0. The maximum Gasteiger partial charge on any atom is 0.225 e. The largest absolute Gasteiger partial charge is 0.497 e. The summed E-state index contributed by atoms with van der Waals surface area (Å²) in [5, 5.41) is 0. The van der Waals surface area contributed by atoms with Crippen molar-refractivity contribution in [3.8, 4) is 22.8 Å². The Balaban J connectivity index is 1.31. The van der Waals surface area contributed by atoms with Crippen molar-refractivity contribution in [2.75, 3.05) is 26.8 Å². The molecule has 0 unspecified atom stereocenters. The van der Waals surface area contributed by atoms with Gasteiger partial charge >= 0.3 is 0 Å². The van der Waals surface area contributed by atoms with Gasteiger partial charge in [-0.05, 0) is 37.1 Å². The molecule has 1 saturated heterocycles. The van der Waals surface area contributed by atoms with Gasteiger partial charge in [-0.1, -0.05) is 30.3 Å². The molecule has 1 amide bonds. The predicted octanol–water partition coefficient (Wildman–Crippen LogP) is 4.33. The topological polar surface area (TPSA) is 64.5 Å². The zero-order valence-electron chi connectivity index (χ0n) is 17.7. The van der Waals surface area contributed by atoms with Gasteiger partial charge in [0.1, 0.15) is 11.5 Å². The van der Waals surface area contributed by atoms with Gasteiger partial charge < -0.3 is 14.4 Å². The minimum absolute atomic E-state index is 0.144. The number of amides is 1. The predicted molar refractivity (Wildman–Crippen MR) is 119 cm³/mol. The Morgan fingerprint density at radius 3 is 2.58 bits per heavy atom. The molecule has 1 fully saturated rings. The van der Waals surface area contributed by atoms with Gasteiger partial charge in [0.25, 0.3) is 0 Å². The number of ether oxygens (including phenoxy) is 2. The molecule has 3 aromatic rings. The fourth-order valence-electron chi connectivity index (χ4n) is 3.85. The van der Waals surface area contributed by atoms with E-state index in [0.717, 1.165) is 54.4 Å². The Morgan fingerprint density at radius 2 is 1.81 bits per heavy atom. The van der Waals surface area contributed by atoms with Gasteiger partial charge in [-0.3, -0.25) is 9.78 Å². The van der Waals surface area contributed by atoms with E-state index in [1.807, 2.05) is 65.7 Å². The zero-order valence-corrected chi connectivity index (χ0v) is 17.7. The van der Waals surface area contributed by atoms with Crippen LogP contribution < -0.4 is 9.47 Å². The summed E-state index contributed by atoms with van der Waals surface area (Å²) in [6.45, 7) is 1.87. The summed E-state index contributed by atoms with van der Waals surface area (Å²) >= 11 is 0. The smallest absolute Gasteiger partial charge is 0.225 e. The number of para-hydroxylation sites is 1. The second kappa shape index (κ2) is 10.1. The highest BCUT2D eigenvalue weighted by Gasteiger charge is 2.25. The van der Waals surface area contributed by atoms with Crippen molar-refractivity contribution >= 4 is 5.91 Å². The van der Waals surface area contributed by atoms with Crippen LogP contribution in [0, 0.1) is 0 Å². The third kappa shape index (κ3) is 5.40. The van der Waals surface area contributed by atoms with E-state index in [4.69, 9.17) is 14.5 Å². The molecular weight excluding hydrogens is 390 g/mol. The highest BCUT2D eigenvalue weighted by Crippen LogP contribution is 2.29. The summed E-state index contributed by atoms with van der Waals surface area (Å²) in [6.07, 6.45) is 5.80. The van der Waals surface area contributed by atoms with Crippen molar-refractivity contribution in [3.05, 3.63) is 72.7 Å². The van der Waals surface area contributed by atoms with Crippen LogP contribution in [0.3, 0.4) is 0 Å². The maximum atomic E-state index is 12.5. The standard InChI is InChI=1S/C25H27N3O3/c1-30-22-9-5-6-20(16-22)24-18-26-17-23(27-24)19-10-13-28(14-11-19)25(29)12-15-31-21-7-3-2-4-8-21/h2-9,16-19H,10-15H2,1H3. The lowest BCUT2D eigenvalue weighted by Crippen LogP contribution is -2.38. The van der Waals surface area contributed by atoms with Gasteiger partial charge in [0.15, 0.2) is 0 Å². The van der Waals surface area contributed by atoms with Crippen LogP contribution in [0.2, 0.25) is 0 Å². The number of nitrogens with zero attached hydrogens (tertiary/aromatic N) is 3. The van der Waals surface area contributed by atoms with E-state index in [9.17, 15) is 4.79 Å². The molecule has 160 valence electrons. The zero-order chi connectivity index (χ0) is 21.5. The molecule has 6 nitrogen and oxygen atoms in total. The second-order valence-electron chi connectivity index (χ2n) is 7.63. The molecule has 0 bridgehead atoms. The van der Waals surface area contributed by atoms with Crippen molar-refractivity contribution in [1.82, 2.24) is 14.9 Å². The number of likely N-dealkylation sites (tertiary alicyclic amines) is 1. The SMILES string of the molecule is COc1cccc(-c2cncc(C3CCN(C(=O)CCOc4ccccc4)CC3)n2)c1. The van der Waals surface area contributed by atoms with E-state index >= 15 is 0 Å². The highest BCUT2D eigenvalue weighted by molar-refractivity contribution is 5.76. The van der Waals surface area contributed by atoms with Gasteiger partial charge in [0, 0.05) is 30.8 Å². The lowest BCUT2D eigenvalue weighted by atomic mass is 9.93. The molecule has 6 heteroatoms. The summed E-state index contributed by atoms with van der Waals surface area (Å²) < 4.78 is 11.0. The van der Waals surface area contributed by atoms with Crippen molar-refractivity contribution in [3.63, 3.8) is 0 Å². The first-order valence-electron chi connectivity index (χ1n) is 10.6. The lowest BCUT2D eigenvalue weighted by molar-refractivity contribution is -0.132. The second-order valence-corrected chi connectivity index (χ2v) is 7.63. The molecule has 2 aromatic carbocycles. The molecule has 1 aromatic heterocycles. The number of hydrogen-bond acceptors (Lipinski definition) is 5. The van der Waals surface area contributed by atoms with Gasteiger partial charge in [0.2, 0.25) is 5.91 Å². The summed E-state index contributed by atoms with van der Waals surface area (Å²) in [7, 11) is 1.66. The minimum atomic E-state index is 0.144. The molecule has 2 heterocycles. The van der Waals surface area contributed by atoms with Crippen LogP contribution in [-0.2, 0) is 4.79 Å². The third-order valence-corrected chi connectivity index (χ3v) is 5.61. The first-order chi connectivity index (χ1) is 15.2. The number of benzene rings is 2. The van der Waals surface area contributed by atoms with Crippen molar-refractivity contribution in [1.29, 1.82) is 0 Å². The minimum Gasteiger partial charge on any atom is -0.497 e. The molecule has 0 N–H and O–H groups in total. The van der Waals surface area contributed by atoms with Crippen LogP contribution in [0.1, 0.15) is 30.9 Å². The molecule has 0 saturated carbocycles. The Hall–Kier alpha value is -3.41. The van der Waals surface area contributed by atoms with E-state index in [1.165, 1.54) is 0 Å². The first kappa shape index (κ1) is 20.8.